The lowest BCUT2D eigenvalue weighted by atomic mass is 9.99. The van der Waals surface area contributed by atoms with Gasteiger partial charge < -0.3 is 25.2 Å². The molecule has 0 spiro atoms. The number of rotatable bonds is 5. The number of hydrogen-bond acceptors (Lipinski definition) is 8. The normalized spacial score (nSPS) is 17.4. The van der Waals surface area contributed by atoms with Gasteiger partial charge in [0.25, 0.3) is 5.91 Å². The number of nitrogens with one attached hydrogen (secondary N) is 1. The Balaban J connectivity index is 1.32. The molecular weight excluding hydrogens is 519 g/mol. The zero-order valence-corrected chi connectivity index (χ0v) is 21.8. The summed E-state index contributed by atoms with van der Waals surface area (Å²) in [5.41, 5.74) is 2.67. The molecule has 2 aliphatic heterocycles. The van der Waals surface area contributed by atoms with Crippen LogP contribution in [0.4, 0.5) is 26.4 Å². The molecule has 1 unspecified atom stereocenters. The average Bonchev–Trinajstić information content (AvgIpc) is 3.50. The molecule has 12 heteroatoms. The predicted molar refractivity (Wildman–Crippen MR) is 144 cm³/mol. The van der Waals surface area contributed by atoms with Crippen LogP contribution in [0.2, 0.25) is 0 Å². The lowest BCUT2D eigenvalue weighted by molar-refractivity contribution is -0.0928. The van der Waals surface area contributed by atoms with Gasteiger partial charge in [-0.15, -0.1) is 0 Å². The quantitative estimate of drug-likeness (QED) is 0.341. The van der Waals surface area contributed by atoms with E-state index in [0.29, 0.717) is 53.7 Å². The number of anilines is 3. The van der Waals surface area contributed by atoms with Gasteiger partial charge in [0, 0.05) is 30.9 Å². The van der Waals surface area contributed by atoms with E-state index >= 15 is 0 Å². The van der Waals surface area contributed by atoms with Crippen molar-refractivity contribution in [3.05, 3.63) is 71.9 Å². The number of carbonyl (C=O) groups is 2. The van der Waals surface area contributed by atoms with Crippen LogP contribution in [0.15, 0.2) is 55.0 Å². The van der Waals surface area contributed by atoms with E-state index in [1.807, 2.05) is 6.07 Å². The monoisotopic (exact) mass is 546 g/mol. The van der Waals surface area contributed by atoms with Crippen molar-refractivity contribution in [3.8, 4) is 11.3 Å². The first-order valence-electron chi connectivity index (χ1n) is 12.8. The molecule has 0 bridgehead atoms. The number of nitrogens with zero attached hydrogens (tertiary/aromatic N) is 5. The van der Waals surface area contributed by atoms with E-state index in [2.05, 4.69) is 20.2 Å². The highest BCUT2D eigenvalue weighted by molar-refractivity contribution is 6.11. The highest BCUT2D eigenvalue weighted by Crippen LogP contribution is 2.38. The maximum absolute atomic E-state index is 13.7. The number of amides is 2. The van der Waals surface area contributed by atoms with E-state index in [0.717, 1.165) is 10.6 Å². The van der Waals surface area contributed by atoms with Crippen molar-refractivity contribution in [3.63, 3.8) is 0 Å². The number of aromatic nitrogens is 3. The van der Waals surface area contributed by atoms with Crippen LogP contribution in [0.25, 0.3) is 16.9 Å². The van der Waals surface area contributed by atoms with Gasteiger partial charge >= 0.3 is 6.09 Å². The van der Waals surface area contributed by atoms with Gasteiger partial charge in [-0.2, -0.15) is 0 Å². The summed E-state index contributed by atoms with van der Waals surface area (Å²) in [5.74, 6) is -0.599. The molecule has 0 radical (unpaired) electrons. The average molecular weight is 547 g/mol. The molecular formula is C28H27FN6O5. The molecule has 3 aromatic heterocycles. The molecule has 6 rings (SSSR count). The van der Waals surface area contributed by atoms with Gasteiger partial charge in [-0.05, 0) is 43.7 Å². The summed E-state index contributed by atoms with van der Waals surface area (Å²) < 4.78 is 21.1. The van der Waals surface area contributed by atoms with Crippen molar-refractivity contribution >= 4 is 34.8 Å². The highest BCUT2D eigenvalue weighted by atomic mass is 19.1. The number of morpholine rings is 1. The number of fused-ring (bicyclic) bond motifs is 2. The SMILES string of the molecule is CC(C)(O)C1CN(c2ccc(Nc3ccc(-c4cnc5cc(F)ccn45)c4c3C(=O)N(C(=O)O)C4)nc2)CCO1. The molecule has 0 aliphatic carbocycles. The van der Waals surface area contributed by atoms with Crippen LogP contribution in [-0.2, 0) is 11.3 Å². The zero-order valence-electron chi connectivity index (χ0n) is 21.8. The molecule has 1 atom stereocenters. The Labute approximate surface area is 228 Å². The number of pyridine rings is 2. The van der Waals surface area contributed by atoms with Crippen molar-refractivity contribution in [2.45, 2.75) is 32.1 Å². The molecule has 1 saturated heterocycles. The molecule has 4 aromatic rings. The fourth-order valence-electron chi connectivity index (χ4n) is 5.17. The predicted octanol–water partition coefficient (Wildman–Crippen LogP) is 3.89. The summed E-state index contributed by atoms with van der Waals surface area (Å²) in [5, 5.41) is 23.2. The first-order valence-corrected chi connectivity index (χ1v) is 12.8. The molecule has 1 fully saturated rings. The number of halogens is 1. The van der Waals surface area contributed by atoms with Crippen LogP contribution < -0.4 is 10.2 Å². The van der Waals surface area contributed by atoms with Crippen LogP contribution in [0.3, 0.4) is 0 Å². The van der Waals surface area contributed by atoms with E-state index < -0.39 is 23.4 Å². The topological polar surface area (TPSA) is 133 Å². The van der Waals surface area contributed by atoms with Gasteiger partial charge in [0.15, 0.2) is 0 Å². The Morgan fingerprint density at radius 3 is 2.73 bits per heavy atom. The smallest absolute Gasteiger partial charge is 0.414 e. The summed E-state index contributed by atoms with van der Waals surface area (Å²) in [6.45, 7) is 4.97. The van der Waals surface area contributed by atoms with Gasteiger partial charge in [-0.1, -0.05) is 6.07 Å². The largest absolute Gasteiger partial charge is 0.465 e. The molecule has 1 aromatic carbocycles. The number of aliphatic hydroxyl groups is 1. The summed E-state index contributed by atoms with van der Waals surface area (Å²) >= 11 is 0. The van der Waals surface area contributed by atoms with Gasteiger partial charge in [0.2, 0.25) is 0 Å². The number of benzene rings is 1. The number of carbonyl (C=O) groups excluding carboxylic acids is 1. The number of hydrogen-bond donors (Lipinski definition) is 3. The molecule has 3 N–H and O–H groups in total. The van der Waals surface area contributed by atoms with Crippen molar-refractivity contribution < 1.29 is 28.9 Å². The Hall–Kier alpha value is -4.55. The molecule has 2 aliphatic rings. The molecule has 0 saturated carbocycles. The Morgan fingerprint density at radius 2 is 2.00 bits per heavy atom. The van der Waals surface area contributed by atoms with E-state index in [-0.39, 0.29) is 18.2 Å². The second-order valence-corrected chi connectivity index (χ2v) is 10.4. The fourth-order valence-corrected chi connectivity index (χ4v) is 5.17. The molecule has 11 nitrogen and oxygen atoms in total. The number of carboxylic acid groups (broad SMARTS) is 1. The van der Waals surface area contributed by atoms with Gasteiger partial charge in [0.1, 0.15) is 23.4 Å². The van der Waals surface area contributed by atoms with Gasteiger partial charge in [-0.25, -0.2) is 24.1 Å². The summed E-state index contributed by atoms with van der Waals surface area (Å²) in [6.07, 6.45) is 3.12. The Kier molecular flexibility index (Phi) is 6.15. The lowest BCUT2D eigenvalue weighted by Crippen LogP contribution is -2.52. The van der Waals surface area contributed by atoms with Crippen molar-refractivity contribution in [1.82, 2.24) is 19.3 Å². The Bertz CT molecular complexity index is 1630. The first kappa shape index (κ1) is 25.7. The third kappa shape index (κ3) is 4.50. The third-order valence-electron chi connectivity index (χ3n) is 7.30. The highest BCUT2D eigenvalue weighted by Gasteiger charge is 2.37. The van der Waals surface area contributed by atoms with Gasteiger partial charge in [-0.3, -0.25) is 9.20 Å². The van der Waals surface area contributed by atoms with Gasteiger partial charge in [0.05, 0.1) is 53.8 Å². The maximum Gasteiger partial charge on any atom is 0.414 e. The van der Waals surface area contributed by atoms with Crippen LogP contribution in [-0.4, -0.2) is 72.9 Å². The summed E-state index contributed by atoms with van der Waals surface area (Å²) in [7, 11) is 0. The number of imide groups is 1. The molecule has 40 heavy (non-hydrogen) atoms. The van der Waals surface area contributed by atoms with Crippen molar-refractivity contribution in [2.75, 3.05) is 29.9 Å². The summed E-state index contributed by atoms with van der Waals surface area (Å²) in [4.78, 5) is 36.7. The molecule has 206 valence electrons. The zero-order chi connectivity index (χ0) is 28.2. The Morgan fingerprint density at radius 1 is 1.18 bits per heavy atom. The van der Waals surface area contributed by atoms with E-state index in [4.69, 9.17) is 4.74 Å². The van der Waals surface area contributed by atoms with Crippen LogP contribution in [0, 0.1) is 5.82 Å². The number of imidazole rings is 1. The maximum atomic E-state index is 13.7. The van der Waals surface area contributed by atoms with Crippen LogP contribution >= 0.6 is 0 Å². The van der Waals surface area contributed by atoms with E-state index in [1.165, 1.54) is 12.1 Å². The minimum atomic E-state index is -1.35. The third-order valence-corrected chi connectivity index (χ3v) is 7.30. The summed E-state index contributed by atoms with van der Waals surface area (Å²) in [6, 6.07) is 9.75. The van der Waals surface area contributed by atoms with Crippen molar-refractivity contribution in [2.24, 2.45) is 0 Å². The van der Waals surface area contributed by atoms with E-state index in [9.17, 15) is 24.2 Å². The van der Waals surface area contributed by atoms with Crippen LogP contribution in [0.5, 0.6) is 0 Å². The molecule has 5 heterocycles. The minimum Gasteiger partial charge on any atom is -0.465 e. The second kappa shape index (κ2) is 9.57. The standard InChI is InChI=1S/C28H27FN6O5/c1-28(2,39)22-15-33(9-10-40-22)17-3-6-23(30-12-17)32-20-5-4-18(19-14-35(27(37)38)26(36)25(19)20)21-13-31-24-11-16(29)7-8-34(21)24/h3-8,11-13,22,39H,9-10,14-15H2,1-2H3,(H,30,32)(H,37,38). The first-order chi connectivity index (χ1) is 19.1. The molecule has 2 amide bonds. The van der Waals surface area contributed by atoms with Crippen LogP contribution in [0.1, 0.15) is 29.8 Å². The second-order valence-electron chi connectivity index (χ2n) is 10.4. The lowest BCUT2D eigenvalue weighted by Gasteiger charge is -2.39. The van der Waals surface area contributed by atoms with E-state index in [1.54, 1.807) is 55.0 Å². The fraction of sp³-hybridized carbons (Fsp3) is 0.286. The van der Waals surface area contributed by atoms with Crippen molar-refractivity contribution in [1.29, 1.82) is 0 Å². The minimum absolute atomic E-state index is 0.130. The number of ether oxygens (including phenoxy) is 1.